The van der Waals surface area contributed by atoms with E-state index in [1.807, 2.05) is 6.07 Å². The number of rotatable bonds is 14. The van der Waals surface area contributed by atoms with Gasteiger partial charge in [0.05, 0.1) is 35.9 Å². The number of benzene rings is 1. The van der Waals surface area contributed by atoms with Crippen LogP contribution in [-0.4, -0.2) is 89.2 Å². The van der Waals surface area contributed by atoms with Crippen molar-refractivity contribution in [2.45, 2.75) is 57.5 Å². The van der Waals surface area contributed by atoms with Crippen molar-refractivity contribution in [2.24, 2.45) is 5.92 Å². The van der Waals surface area contributed by atoms with Crippen LogP contribution in [0.3, 0.4) is 0 Å². The summed E-state index contributed by atoms with van der Waals surface area (Å²) in [7, 11) is 5.55. The molecule has 1 aliphatic carbocycles. The van der Waals surface area contributed by atoms with E-state index in [0.717, 1.165) is 99.3 Å². The summed E-state index contributed by atoms with van der Waals surface area (Å²) in [5, 5.41) is 9.90. The van der Waals surface area contributed by atoms with E-state index in [2.05, 4.69) is 45.0 Å². The molecule has 3 aliphatic rings. The van der Waals surface area contributed by atoms with Crippen molar-refractivity contribution in [1.82, 2.24) is 15.2 Å². The molecular weight excluding hydrogens is 550 g/mol. The van der Waals surface area contributed by atoms with Gasteiger partial charge in [-0.15, -0.1) is 11.3 Å². The van der Waals surface area contributed by atoms with Gasteiger partial charge in [0.25, 0.3) is 5.91 Å². The summed E-state index contributed by atoms with van der Waals surface area (Å²) in [5.74, 6) is 0.543. The first-order valence-corrected chi connectivity index (χ1v) is 16.3. The summed E-state index contributed by atoms with van der Waals surface area (Å²) < 4.78 is 16.2. The van der Waals surface area contributed by atoms with Gasteiger partial charge in [0.1, 0.15) is 0 Å². The fourth-order valence-corrected chi connectivity index (χ4v) is 6.88. The van der Waals surface area contributed by atoms with E-state index < -0.39 is 0 Å². The molecule has 9 nitrogen and oxygen atoms in total. The Labute approximate surface area is 254 Å². The SMILES string of the molecule is COCCNC(=O)c1cc(CN2CCC[C@@H]2COC)ccc1NC(=C1CCC1)c1csc(N(C)CC2CCOCC2)n1. The van der Waals surface area contributed by atoms with Crippen LogP contribution in [0.4, 0.5) is 10.8 Å². The highest BCUT2D eigenvalue weighted by Gasteiger charge is 2.26. The number of likely N-dealkylation sites (tertiary alicyclic amines) is 1. The van der Waals surface area contributed by atoms with Gasteiger partial charge in [0.2, 0.25) is 0 Å². The van der Waals surface area contributed by atoms with Crippen LogP contribution < -0.4 is 15.5 Å². The number of aromatic nitrogens is 1. The van der Waals surface area contributed by atoms with Crippen LogP contribution in [-0.2, 0) is 20.8 Å². The number of anilines is 2. The van der Waals surface area contributed by atoms with Gasteiger partial charge in [-0.25, -0.2) is 4.98 Å². The minimum Gasteiger partial charge on any atom is -0.383 e. The number of carbonyl (C=O) groups excluding carboxylic acids is 1. The normalized spacial score (nSPS) is 19.5. The van der Waals surface area contributed by atoms with Gasteiger partial charge in [-0.05, 0) is 80.7 Å². The fraction of sp³-hybridized carbons (Fsp3) is 0.625. The number of thiazole rings is 1. The van der Waals surface area contributed by atoms with E-state index in [1.54, 1.807) is 25.6 Å². The number of hydrogen-bond acceptors (Lipinski definition) is 9. The van der Waals surface area contributed by atoms with Crippen molar-refractivity contribution in [2.75, 3.05) is 77.5 Å². The molecule has 1 aromatic heterocycles. The molecule has 10 heteroatoms. The maximum Gasteiger partial charge on any atom is 0.253 e. The number of carbonyl (C=O) groups is 1. The van der Waals surface area contributed by atoms with Crippen molar-refractivity contribution in [3.05, 3.63) is 46.0 Å². The van der Waals surface area contributed by atoms with Gasteiger partial charge < -0.3 is 29.7 Å². The third kappa shape index (κ3) is 7.90. The Bertz CT molecular complexity index is 1210. The van der Waals surface area contributed by atoms with Gasteiger partial charge >= 0.3 is 0 Å². The topological polar surface area (TPSA) is 88.2 Å². The van der Waals surface area contributed by atoms with Crippen LogP contribution in [0, 0.1) is 5.92 Å². The molecule has 0 unspecified atom stereocenters. The van der Waals surface area contributed by atoms with Crippen LogP contribution in [0.5, 0.6) is 0 Å². The van der Waals surface area contributed by atoms with Crippen LogP contribution in [0.15, 0.2) is 29.2 Å². The summed E-state index contributed by atoms with van der Waals surface area (Å²) in [6, 6.07) is 6.67. The highest BCUT2D eigenvalue weighted by molar-refractivity contribution is 7.13. The first-order chi connectivity index (χ1) is 20.6. The minimum atomic E-state index is -0.0978. The molecule has 0 bridgehead atoms. The van der Waals surface area contributed by atoms with Gasteiger partial charge in [-0.2, -0.15) is 0 Å². The second-order valence-corrected chi connectivity index (χ2v) is 12.6. The first kappa shape index (κ1) is 30.9. The molecule has 2 aliphatic heterocycles. The molecule has 5 rings (SSSR count). The summed E-state index contributed by atoms with van der Waals surface area (Å²) >= 11 is 1.69. The lowest BCUT2D eigenvalue weighted by Gasteiger charge is -2.27. The Balaban J connectivity index is 1.36. The molecule has 3 fully saturated rings. The van der Waals surface area contributed by atoms with Crippen molar-refractivity contribution >= 4 is 33.8 Å². The highest BCUT2D eigenvalue weighted by atomic mass is 32.1. The van der Waals surface area contributed by atoms with Crippen LogP contribution in [0.25, 0.3) is 5.70 Å². The zero-order chi connectivity index (χ0) is 29.3. The van der Waals surface area contributed by atoms with E-state index in [4.69, 9.17) is 19.2 Å². The first-order valence-electron chi connectivity index (χ1n) is 15.4. The second-order valence-electron chi connectivity index (χ2n) is 11.8. The third-order valence-electron chi connectivity index (χ3n) is 8.68. The van der Waals surface area contributed by atoms with Gasteiger partial charge in [-0.3, -0.25) is 9.69 Å². The van der Waals surface area contributed by atoms with E-state index >= 15 is 0 Å². The number of ether oxygens (including phenoxy) is 3. The monoisotopic (exact) mass is 597 g/mol. The molecule has 1 atom stereocenters. The number of hydrogen-bond donors (Lipinski definition) is 2. The second kappa shape index (κ2) is 15.3. The Hall–Kier alpha value is -2.50. The molecule has 0 spiro atoms. The minimum absolute atomic E-state index is 0.0978. The van der Waals surface area contributed by atoms with Gasteiger partial charge in [0, 0.05) is 65.5 Å². The predicted octanol–water partition coefficient (Wildman–Crippen LogP) is 5.00. The predicted molar refractivity (Wildman–Crippen MR) is 169 cm³/mol. The van der Waals surface area contributed by atoms with E-state index in [-0.39, 0.29) is 5.91 Å². The lowest BCUT2D eigenvalue weighted by atomic mass is 9.89. The van der Waals surface area contributed by atoms with Crippen LogP contribution >= 0.6 is 11.3 Å². The number of methoxy groups -OCH3 is 2. The van der Waals surface area contributed by atoms with Crippen molar-refractivity contribution < 1.29 is 19.0 Å². The van der Waals surface area contributed by atoms with E-state index in [9.17, 15) is 4.79 Å². The Morgan fingerprint density at radius 3 is 2.74 bits per heavy atom. The summed E-state index contributed by atoms with van der Waals surface area (Å²) in [4.78, 5) is 23.3. The summed E-state index contributed by atoms with van der Waals surface area (Å²) in [6.45, 7) is 6.22. The smallest absolute Gasteiger partial charge is 0.253 e. The molecule has 1 saturated carbocycles. The van der Waals surface area contributed by atoms with Crippen molar-refractivity contribution in [1.29, 1.82) is 0 Å². The highest BCUT2D eigenvalue weighted by Crippen LogP contribution is 2.37. The molecule has 42 heavy (non-hydrogen) atoms. The molecule has 1 amide bonds. The fourth-order valence-electron chi connectivity index (χ4n) is 6.09. The van der Waals surface area contributed by atoms with Crippen LogP contribution in [0.1, 0.15) is 66.6 Å². The van der Waals surface area contributed by atoms with Crippen molar-refractivity contribution in [3.8, 4) is 0 Å². The summed E-state index contributed by atoms with van der Waals surface area (Å²) in [6.07, 6.45) is 7.82. The maximum atomic E-state index is 13.5. The molecule has 3 heterocycles. The lowest BCUT2D eigenvalue weighted by Crippen LogP contribution is -2.32. The molecule has 2 saturated heterocycles. The average molecular weight is 598 g/mol. The van der Waals surface area contributed by atoms with E-state index in [1.165, 1.54) is 18.4 Å². The van der Waals surface area contributed by atoms with Gasteiger partial charge in [0.15, 0.2) is 5.13 Å². The molecular formula is C32H47N5O4S. The lowest BCUT2D eigenvalue weighted by molar-refractivity contribution is 0.0685. The molecule has 0 radical (unpaired) electrons. The van der Waals surface area contributed by atoms with Crippen LogP contribution in [0.2, 0.25) is 0 Å². The third-order valence-corrected chi connectivity index (χ3v) is 9.64. The zero-order valence-corrected chi connectivity index (χ0v) is 26.3. The summed E-state index contributed by atoms with van der Waals surface area (Å²) in [5.41, 5.74) is 5.95. The number of amides is 1. The molecule has 2 N–H and O–H groups in total. The number of nitrogens with one attached hydrogen (secondary N) is 2. The quantitative estimate of drug-likeness (QED) is 0.294. The Morgan fingerprint density at radius 1 is 1.17 bits per heavy atom. The van der Waals surface area contributed by atoms with Gasteiger partial charge in [-0.1, -0.05) is 6.07 Å². The standard InChI is InChI=1S/C32H47N5O4S/c1-36(19-23-11-15-41-16-12-23)32-35-29(22-42-32)30(25-6-4-7-25)34-28-10-9-24(18-27(28)31(38)33-13-17-39-2)20-37-14-5-8-26(37)21-40-3/h9-10,18,22-23,26,34H,4-8,11-17,19-21H2,1-3H3,(H,33,38)/t26-/m1/s1. The molecule has 2 aromatic rings. The maximum absolute atomic E-state index is 13.5. The Morgan fingerprint density at radius 2 is 2.00 bits per heavy atom. The molecule has 230 valence electrons. The largest absolute Gasteiger partial charge is 0.383 e. The number of allylic oxidation sites excluding steroid dienone is 1. The zero-order valence-electron chi connectivity index (χ0n) is 25.5. The Kier molecular flexibility index (Phi) is 11.3. The van der Waals surface area contributed by atoms with Crippen molar-refractivity contribution in [3.63, 3.8) is 0 Å². The average Bonchev–Trinajstić information content (AvgIpc) is 3.63. The van der Waals surface area contributed by atoms with E-state index in [0.29, 0.717) is 30.7 Å². The molecule has 1 aromatic carbocycles. The number of nitrogens with zero attached hydrogens (tertiary/aromatic N) is 3.